The number of nitrogens with two attached hydrogens (primary N) is 1. The summed E-state index contributed by atoms with van der Waals surface area (Å²) in [7, 11) is -3.43. The Morgan fingerprint density at radius 2 is 2.11 bits per heavy atom. The lowest BCUT2D eigenvalue weighted by atomic mass is 10.2. The van der Waals surface area contributed by atoms with Crippen LogP contribution in [0.1, 0.15) is 18.9 Å². The number of nitrogen functional groups attached to an aromatic ring is 1. The number of hydrogen-bond donors (Lipinski definition) is 2. The molecule has 0 aliphatic rings. The van der Waals surface area contributed by atoms with E-state index < -0.39 is 10.0 Å². The number of thioether (sulfide) groups is 1. The van der Waals surface area contributed by atoms with Crippen LogP contribution in [-0.4, -0.2) is 26.5 Å². The molecule has 0 saturated carbocycles. The van der Waals surface area contributed by atoms with E-state index in [0.717, 1.165) is 6.42 Å². The van der Waals surface area contributed by atoms with Crippen molar-refractivity contribution in [2.45, 2.75) is 30.4 Å². The Balaban J connectivity index is 2.74. The fraction of sp³-hybridized carbons (Fsp3) is 0.500. The van der Waals surface area contributed by atoms with Crippen molar-refractivity contribution in [1.82, 2.24) is 4.72 Å². The van der Waals surface area contributed by atoms with Gasteiger partial charge in [0.25, 0.3) is 0 Å². The van der Waals surface area contributed by atoms with Gasteiger partial charge in [0.05, 0.1) is 4.90 Å². The molecule has 1 rings (SSSR count). The zero-order valence-corrected chi connectivity index (χ0v) is 12.6. The Labute approximate surface area is 113 Å². The summed E-state index contributed by atoms with van der Waals surface area (Å²) in [6.07, 6.45) is 2.83. The number of rotatable bonds is 6. The molecular weight excluding hydrogens is 268 g/mol. The van der Waals surface area contributed by atoms with E-state index in [1.807, 2.05) is 6.26 Å². The van der Waals surface area contributed by atoms with Gasteiger partial charge >= 0.3 is 0 Å². The summed E-state index contributed by atoms with van der Waals surface area (Å²) in [4.78, 5) is 0.300. The molecule has 3 N–H and O–H groups in total. The van der Waals surface area contributed by atoms with E-state index in [1.54, 1.807) is 36.9 Å². The minimum absolute atomic E-state index is 0.300. The number of sulfonamides is 1. The third kappa shape index (κ3) is 4.19. The first-order valence-electron chi connectivity index (χ1n) is 5.75. The summed E-state index contributed by atoms with van der Waals surface area (Å²) in [5.74, 6) is 0. The molecule has 0 saturated heterocycles. The topological polar surface area (TPSA) is 72.2 Å². The molecule has 1 aromatic rings. The third-order valence-corrected chi connectivity index (χ3v) is 5.40. The van der Waals surface area contributed by atoms with Crippen LogP contribution in [0.25, 0.3) is 0 Å². The minimum Gasteiger partial charge on any atom is -0.399 e. The van der Waals surface area contributed by atoms with Gasteiger partial charge in [0.15, 0.2) is 0 Å². The Morgan fingerprint density at radius 3 is 2.67 bits per heavy atom. The summed E-state index contributed by atoms with van der Waals surface area (Å²) in [6, 6.07) is 4.82. The van der Waals surface area contributed by atoms with Crippen LogP contribution < -0.4 is 10.5 Å². The van der Waals surface area contributed by atoms with Gasteiger partial charge in [-0.05, 0) is 43.4 Å². The van der Waals surface area contributed by atoms with E-state index in [1.165, 1.54) is 0 Å². The monoisotopic (exact) mass is 288 g/mol. The van der Waals surface area contributed by atoms with Gasteiger partial charge in [-0.1, -0.05) is 6.92 Å². The van der Waals surface area contributed by atoms with Crippen LogP contribution in [0.3, 0.4) is 0 Å². The van der Waals surface area contributed by atoms with E-state index in [9.17, 15) is 8.42 Å². The fourth-order valence-corrected chi connectivity index (χ4v) is 3.19. The van der Waals surface area contributed by atoms with Crippen LogP contribution in [0.4, 0.5) is 5.69 Å². The Kier molecular flexibility index (Phi) is 5.49. The SMILES string of the molecule is CSC(C)CCNS(=O)(=O)c1ccc(N)cc1C. The molecule has 4 nitrogen and oxygen atoms in total. The molecule has 0 bridgehead atoms. The van der Waals surface area contributed by atoms with Crippen molar-refractivity contribution in [3.8, 4) is 0 Å². The summed E-state index contributed by atoms with van der Waals surface area (Å²) in [5.41, 5.74) is 6.85. The van der Waals surface area contributed by atoms with Crippen molar-refractivity contribution in [3.05, 3.63) is 23.8 Å². The smallest absolute Gasteiger partial charge is 0.240 e. The van der Waals surface area contributed by atoms with Crippen LogP contribution in [0, 0.1) is 6.92 Å². The standard InChI is InChI=1S/C12H20N2O2S2/c1-9-8-11(13)4-5-12(9)18(15,16)14-7-6-10(2)17-3/h4-5,8,10,14H,6-7,13H2,1-3H3. The highest BCUT2D eigenvalue weighted by Crippen LogP contribution is 2.18. The van der Waals surface area contributed by atoms with Crippen molar-refractivity contribution in [3.63, 3.8) is 0 Å². The highest BCUT2D eigenvalue weighted by molar-refractivity contribution is 7.99. The van der Waals surface area contributed by atoms with Gasteiger partial charge in [-0.3, -0.25) is 0 Å². The van der Waals surface area contributed by atoms with E-state index in [2.05, 4.69) is 11.6 Å². The molecule has 0 aliphatic heterocycles. The van der Waals surface area contributed by atoms with Crippen molar-refractivity contribution in [2.75, 3.05) is 18.5 Å². The number of nitrogens with one attached hydrogen (secondary N) is 1. The van der Waals surface area contributed by atoms with Gasteiger partial charge in [0.1, 0.15) is 0 Å². The van der Waals surface area contributed by atoms with E-state index in [0.29, 0.717) is 27.9 Å². The van der Waals surface area contributed by atoms with Crippen LogP contribution in [0.5, 0.6) is 0 Å². The zero-order valence-electron chi connectivity index (χ0n) is 10.9. The molecule has 1 atom stereocenters. The average Bonchev–Trinajstić information content (AvgIpc) is 2.27. The maximum absolute atomic E-state index is 12.1. The number of anilines is 1. The lowest BCUT2D eigenvalue weighted by Crippen LogP contribution is -2.26. The Hall–Kier alpha value is -0.720. The van der Waals surface area contributed by atoms with E-state index >= 15 is 0 Å². The molecular formula is C12H20N2O2S2. The lowest BCUT2D eigenvalue weighted by Gasteiger charge is -2.11. The second kappa shape index (κ2) is 6.45. The molecule has 1 aromatic carbocycles. The summed E-state index contributed by atoms with van der Waals surface area (Å²) in [5, 5.41) is 0.445. The highest BCUT2D eigenvalue weighted by atomic mass is 32.2. The Morgan fingerprint density at radius 1 is 1.44 bits per heavy atom. The van der Waals surface area contributed by atoms with Gasteiger partial charge in [0, 0.05) is 17.5 Å². The highest BCUT2D eigenvalue weighted by Gasteiger charge is 2.16. The summed E-state index contributed by atoms with van der Waals surface area (Å²) < 4.78 is 26.8. The molecule has 6 heteroatoms. The average molecular weight is 288 g/mol. The van der Waals surface area contributed by atoms with Crippen LogP contribution >= 0.6 is 11.8 Å². The van der Waals surface area contributed by atoms with E-state index in [4.69, 9.17) is 5.73 Å². The predicted molar refractivity (Wildman–Crippen MR) is 78.4 cm³/mol. The second-order valence-electron chi connectivity index (χ2n) is 4.26. The largest absolute Gasteiger partial charge is 0.399 e. The molecule has 0 heterocycles. The molecule has 0 aliphatic carbocycles. The maximum atomic E-state index is 12.1. The first-order valence-corrected chi connectivity index (χ1v) is 8.52. The van der Waals surface area contributed by atoms with Crippen molar-refractivity contribution in [2.24, 2.45) is 0 Å². The van der Waals surface area contributed by atoms with E-state index in [-0.39, 0.29) is 0 Å². The van der Waals surface area contributed by atoms with Crippen LogP contribution in [0.15, 0.2) is 23.1 Å². The van der Waals surface area contributed by atoms with Gasteiger partial charge in [-0.2, -0.15) is 11.8 Å². The van der Waals surface area contributed by atoms with Gasteiger partial charge in [-0.25, -0.2) is 13.1 Å². The number of aryl methyl sites for hydroxylation is 1. The molecule has 102 valence electrons. The minimum atomic E-state index is -3.43. The first-order chi connectivity index (χ1) is 8.36. The van der Waals surface area contributed by atoms with Crippen LogP contribution in [-0.2, 0) is 10.0 Å². The normalized spacial score (nSPS) is 13.5. The molecule has 18 heavy (non-hydrogen) atoms. The lowest BCUT2D eigenvalue weighted by molar-refractivity contribution is 0.578. The van der Waals surface area contributed by atoms with Crippen molar-refractivity contribution < 1.29 is 8.42 Å². The third-order valence-electron chi connectivity index (χ3n) is 2.73. The second-order valence-corrected chi connectivity index (χ2v) is 7.27. The van der Waals surface area contributed by atoms with Crippen molar-refractivity contribution in [1.29, 1.82) is 0 Å². The molecule has 0 spiro atoms. The maximum Gasteiger partial charge on any atom is 0.240 e. The van der Waals surface area contributed by atoms with Gasteiger partial charge < -0.3 is 5.73 Å². The summed E-state index contributed by atoms with van der Waals surface area (Å²) in [6.45, 7) is 4.27. The predicted octanol–water partition coefficient (Wildman–Crippen LogP) is 2.00. The quantitative estimate of drug-likeness (QED) is 0.785. The fourth-order valence-electron chi connectivity index (χ4n) is 1.57. The summed E-state index contributed by atoms with van der Waals surface area (Å²) >= 11 is 1.72. The number of hydrogen-bond acceptors (Lipinski definition) is 4. The Bertz CT molecular complexity index is 501. The molecule has 0 radical (unpaired) electrons. The zero-order chi connectivity index (χ0) is 13.8. The molecule has 0 fully saturated rings. The number of benzene rings is 1. The van der Waals surface area contributed by atoms with Crippen LogP contribution in [0.2, 0.25) is 0 Å². The van der Waals surface area contributed by atoms with Gasteiger partial charge in [-0.15, -0.1) is 0 Å². The van der Waals surface area contributed by atoms with Gasteiger partial charge in [0.2, 0.25) is 10.0 Å². The molecule has 1 unspecified atom stereocenters. The molecule has 0 amide bonds. The molecule has 0 aromatic heterocycles. The van der Waals surface area contributed by atoms with Crippen molar-refractivity contribution >= 4 is 27.5 Å². The first kappa shape index (κ1) is 15.3.